The Kier molecular flexibility index (Phi) is 4.00. The van der Waals surface area contributed by atoms with Crippen LogP contribution in [0, 0.1) is 16.7 Å². The third kappa shape index (κ3) is 2.85. The summed E-state index contributed by atoms with van der Waals surface area (Å²) in [7, 11) is 0. The van der Waals surface area contributed by atoms with E-state index in [1.54, 1.807) is 20.8 Å². The summed E-state index contributed by atoms with van der Waals surface area (Å²) in [6.07, 6.45) is 0.439. The highest BCUT2D eigenvalue weighted by Crippen LogP contribution is 2.34. The van der Waals surface area contributed by atoms with Gasteiger partial charge in [-0.25, -0.2) is 4.79 Å². The Hall–Kier alpha value is -2.87. The van der Waals surface area contributed by atoms with E-state index < -0.39 is 17.0 Å². The van der Waals surface area contributed by atoms with Gasteiger partial charge in [0.25, 0.3) is 5.91 Å². The van der Waals surface area contributed by atoms with Gasteiger partial charge >= 0.3 is 6.03 Å². The summed E-state index contributed by atoms with van der Waals surface area (Å²) in [4.78, 5) is 26.7. The number of benzene rings is 2. The van der Waals surface area contributed by atoms with E-state index in [0.717, 1.165) is 16.3 Å². The molecule has 0 bridgehead atoms. The lowest BCUT2D eigenvalue weighted by Gasteiger charge is -2.24. The molecule has 1 aliphatic rings. The summed E-state index contributed by atoms with van der Waals surface area (Å²) in [5, 5.41) is 14.0. The standard InChI is InChI=1S/C20H21N3O2/c1-19(2,13-21)11-12-23-17(24)20(3,22-18(23)25)16-10-6-8-14-7-4-5-9-15(14)16/h4-10H,11-12H2,1-3H3,(H,22,25). The zero-order valence-electron chi connectivity index (χ0n) is 14.7. The van der Waals surface area contributed by atoms with Crippen molar-refractivity contribution in [2.75, 3.05) is 6.54 Å². The molecule has 1 N–H and O–H groups in total. The van der Waals surface area contributed by atoms with E-state index >= 15 is 0 Å². The monoisotopic (exact) mass is 335 g/mol. The van der Waals surface area contributed by atoms with Crippen molar-refractivity contribution in [2.24, 2.45) is 5.41 Å². The topological polar surface area (TPSA) is 73.2 Å². The second kappa shape index (κ2) is 5.89. The molecule has 25 heavy (non-hydrogen) atoms. The normalized spacial score (nSPS) is 20.6. The first-order valence-electron chi connectivity index (χ1n) is 8.32. The molecule has 3 rings (SSSR count). The van der Waals surface area contributed by atoms with Crippen LogP contribution in [0.4, 0.5) is 4.79 Å². The van der Waals surface area contributed by atoms with Crippen molar-refractivity contribution < 1.29 is 9.59 Å². The van der Waals surface area contributed by atoms with Crippen molar-refractivity contribution in [1.82, 2.24) is 10.2 Å². The number of nitriles is 1. The number of urea groups is 1. The molecule has 5 nitrogen and oxygen atoms in total. The summed E-state index contributed by atoms with van der Waals surface area (Å²) in [6.45, 7) is 5.57. The molecule has 128 valence electrons. The molecule has 0 saturated carbocycles. The summed E-state index contributed by atoms with van der Waals surface area (Å²) in [6, 6.07) is 15.3. The maximum absolute atomic E-state index is 13.0. The van der Waals surface area contributed by atoms with Crippen LogP contribution in [-0.2, 0) is 10.3 Å². The van der Waals surface area contributed by atoms with Crippen molar-refractivity contribution in [3.63, 3.8) is 0 Å². The fraction of sp³-hybridized carbons (Fsp3) is 0.350. The first-order chi connectivity index (χ1) is 11.8. The zero-order valence-corrected chi connectivity index (χ0v) is 14.7. The molecular weight excluding hydrogens is 314 g/mol. The zero-order chi connectivity index (χ0) is 18.2. The molecule has 3 amide bonds. The van der Waals surface area contributed by atoms with Gasteiger partial charge in [0.2, 0.25) is 0 Å². The van der Waals surface area contributed by atoms with Crippen LogP contribution < -0.4 is 5.32 Å². The van der Waals surface area contributed by atoms with Crippen LogP contribution in [-0.4, -0.2) is 23.4 Å². The van der Waals surface area contributed by atoms with E-state index in [-0.39, 0.29) is 12.5 Å². The number of hydrogen-bond acceptors (Lipinski definition) is 3. The highest BCUT2D eigenvalue weighted by atomic mass is 16.2. The smallest absolute Gasteiger partial charge is 0.319 e. The van der Waals surface area contributed by atoms with Crippen molar-refractivity contribution in [2.45, 2.75) is 32.7 Å². The van der Waals surface area contributed by atoms with E-state index in [1.165, 1.54) is 4.90 Å². The minimum atomic E-state index is -1.10. The lowest BCUT2D eigenvalue weighted by molar-refractivity contribution is -0.131. The molecule has 0 aliphatic carbocycles. The van der Waals surface area contributed by atoms with Crippen molar-refractivity contribution in [1.29, 1.82) is 5.26 Å². The number of hydrogen-bond donors (Lipinski definition) is 1. The molecular formula is C20H21N3O2. The van der Waals surface area contributed by atoms with Gasteiger partial charge in [0.05, 0.1) is 11.5 Å². The molecule has 1 unspecified atom stereocenters. The Morgan fingerprint density at radius 2 is 1.84 bits per heavy atom. The maximum atomic E-state index is 13.0. The van der Waals surface area contributed by atoms with Crippen LogP contribution in [0.25, 0.3) is 10.8 Å². The lowest BCUT2D eigenvalue weighted by Crippen LogP contribution is -2.41. The molecule has 0 aromatic heterocycles. The quantitative estimate of drug-likeness (QED) is 0.869. The van der Waals surface area contributed by atoms with Gasteiger partial charge in [-0.1, -0.05) is 42.5 Å². The maximum Gasteiger partial charge on any atom is 0.325 e. The van der Waals surface area contributed by atoms with Gasteiger partial charge in [-0.05, 0) is 43.5 Å². The highest BCUT2D eigenvalue weighted by molar-refractivity contribution is 6.09. The third-order valence-corrected chi connectivity index (χ3v) is 4.87. The van der Waals surface area contributed by atoms with Crippen molar-refractivity contribution in [3.8, 4) is 6.07 Å². The average Bonchev–Trinajstić information content (AvgIpc) is 2.82. The predicted molar refractivity (Wildman–Crippen MR) is 95.6 cm³/mol. The Morgan fingerprint density at radius 1 is 1.16 bits per heavy atom. The Bertz CT molecular complexity index is 892. The average molecular weight is 335 g/mol. The van der Waals surface area contributed by atoms with Gasteiger partial charge in [0, 0.05) is 6.54 Å². The molecule has 1 aliphatic heterocycles. The van der Waals surface area contributed by atoms with Gasteiger partial charge in [-0.3, -0.25) is 9.69 Å². The van der Waals surface area contributed by atoms with E-state index in [9.17, 15) is 9.59 Å². The largest absolute Gasteiger partial charge is 0.325 e. The fourth-order valence-electron chi connectivity index (χ4n) is 3.19. The molecule has 5 heteroatoms. The lowest BCUT2D eigenvalue weighted by atomic mass is 9.87. The second-order valence-electron chi connectivity index (χ2n) is 7.28. The van der Waals surface area contributed by atoms with Crippen LogP contribution in [0.2, 0.25) is 0 Å². The SMILES string of the molecule is CC(C)(C#N)CCN1C(=O)NC(C)(c2cccc3ccccc23)C1=O. The number of nitrogens with zero attached hydrogens (tertiary/aromatic N) is 2. The number of nitrogens with one attached hydrogen (secondary N) is 1. The minimum Gasteiger partial charge on any atom is -0.319 e. The number of amides is 3. The van der Waals surface area contributed by atoms with E-state index in [0.29, 0.717) is 6.42 Å². The van der Waals surface area contributed by atoms with Crippen LogP contribution >= 0.6 is 0 Å². The van der Waals surface area contributed by atoms with E-state index in [1.807, 2.05) is 42.5 Å². The van der Waals surface area contributed by atoms with Gasteiger partial charge in [0.15, 0.2) is 0 Å². The van der Waals surface area contributed by atoms with Crippen LogP contribution in [0.15, 0.2) is 42.5 Å². The number of imide groups is 1. The summed E-state index contributed by atoms with van der Waals surface area (Å²) in [5.74, 6) is -0.275. The molecule has 0 spiro atoms. The molecule has 2 aromatic carbocycles. The van der Waals surface area contributed by atoms with Gasteiger partial charge < -0.3 is 5.32 Å². The second-order valence-corrected chi connectivity index (χ2v) is 7.28. The van der Waals surface area contributed by atoms with Crippen molar-refractivity contribution >= 4 is 22.7 Å². The Labute approximate surface area is 147 Å². The highest BCUT2D eigenvalue weighted by Gasteiger charge is 2.49. The minimum absolute atomic E-state index is 0.228. The molecule has 1 atom stereocenters. The molecule has 2 aromatic rings. The first kappa shape index (κ1) is 17.0. The third-order valence-electron chi connectivity index (χ3n) is 4.87. The van der Waals surface area contributed by atoms with Crippen LogP contribution in [0.1, 0.15) is 32.8 Å². The number of rotatable bonds is 4. The summed E-state index contributed by atoms with van der Waals surface area (Å²) in [5.41, 5.74) is -0.903. The first-order valence-corrected chi connectivity index (χ1v) is 8.32. The predicted octanol–water partition coefficient (Wildman–Crippen LogP) is 3.55. The molecule has 1 heterocycles. The van der Waals surface area contributed by atoms with Crippen LogP contribution in [0.3, 0.4) is 0 Å². The molecule has 1 saturated heterocycles. The van der Waals surface area contributed by atoms with Crippen LogP contribution in [0.5, 0.6) is 0 Å². The Balaban J connectivity index is 1.96. The number of fused-ring (bicyclic) bond motifs is 1. The summed E-state index contributed by atoms with van der Waals surface area (Å²) >= 11 is 0. The van der Waals surface area contributed by atoms with E-state index in [2.05, 4.69) is 11.4 Å². The Morgan fingerprint density at radius 3 is 2.56 bits per heavy atom. The van der Waals surface area contributed by atoms with Crippen molar-refractivity contribution in [3.05, 3.63) is 48.0 Å². The van der Waals surface area contributed by atoms with Gasteiger partial charge in [0.1, 0.15) is 5.54 Å². The molecule has 0 radical (unpaired) electrons. The number of carbonyl (C=O) groups is 2. The van der Waals surface area contributed by atoms with Gasteiger partial charge in [-0.2, -0.15) is 5.26 Å². The fourth-order valence-corrected chi connectivity index (χ4v) is 3.19. The van der Waals surface area contributed by atoms with E-state index in [4.69, 9.17) is 5.26 Å². The molecule has 1 fully saturated rings. The summed E-state index contributed by atoms with van der Waals surface area (Å²) < 4.78 is 0. The number of carbonyl (C=O) groups excluding carboxylic acids is 2. The van der Waals surface area contributed by atoms with Gasteiger partial charge in [-0.15, -0.1) is 0 Å².